The Labute approximate surface area is 111 Å². The van der Waals surface area contributed by atoms with Gasteiger partial charge in [-0.1, -0.05) is 33.1 Å². The molecule has 3 heteroatoms. The lowest BCUT2D eigenvalue weighted by molar-refractivity contribution is 0.230. The zero-order chi connectivity index (χ0) is 13.4. The summed E-state index contributed by atoms with van der Waals surface area (Å²) in [5, 5.41) is 0. The Balaban J connectivity index is 2.56. The van der Waals surface area contributed by atoms with E-state index in [2.05, 4.69) is 18.8 Å². The molecule has 0 amide bonds. The van der Waals surface area contributed by atoms with Gasteiger partial charge in [-0.15, -0.1) is 0 Å². The Morgan fingerprint density at radius 2 is 2.11 bits per heavy atom. The van der Waals surface area contributed by atoms with Gasteiger partial charge in [0.15, 0.2) is 0 Å². The van der Waals surface area contributed by atoms with Crippen molar-refractivity contribution in [1.82, 2.24) is 4.98 Å². The van der Waals surface area contributed by atoms with Gasteiger partial charge in [-0.3, -0.25) is 4.98 Å². The van der Waals surface area contributed by atoms with E-state index in [9.17, 15) is 0 Å². The largest absolute Gasteiger partial charge is 0.491 e. The average molecular weight is 250 g/mol. The summed E-state index contributed by atoms with van der Waals surface area (Å²) in [6.45, 7) is 7.63. The Hall–Kier alpha value is -1.09. The third-order valence-corrected chi connectivity index (χ3v) is 3.28. The van der Waals surface area contributed by atoms with Crippen molar-refractivity contribution in [1.29, 1.82) is 0 Å². The highest BCUT2D eigenvalue weighted by molar-refractivity contribution is 5.29. The van der Waals surface area contributed by atoms with E-state index in [0.29, 0.717) is 12.5 Å². The van der Waals surface area contributed by atoms with Crippen LogP contribution in [0.3, 0.4) is 0 Å². The van der Waals surface area contributed by atoms with Gasteiger partial charge < -0.3 is 10.5 Å². The molecular weight excluding hydrogens is 224 g/mol. The van der Waals surface area contributed by atoms with Crippen LogP contribution in [0.2, 0.25) is 0 Å². The maximum absolute atomic E-state index is 5.89. The molecule has 18 heavy (non-hydrogen) atoms. The normalized spacial score (nSPS) is 12.4. The molecule has 2 N–H and O–H groups in total. The van der Waals surface area contributed by atoms with Gasteiger partial charge in [0.25, 0.3) is 0 Å². The molecule has 0 fully saturated rings. The predicted molar refractivity (Wildman–Crippen MR) is 75.7 cm³/mol. The molecule has 0 saturated carbocycles. The molecular formula is C15H26N2O. The first kappa shape index (κ1) is 15.0. The number of rotatable bonds is 8. The maximum Gasteiger partial charge on any atom is 0.142 e. The van der Waals surface area contributed by atoms with E-state index in [-0.39, 0.29) is 0 Å². The number of aromatic nitrogens is 1. The van der Waals surface area contributed by atoms with Gasteiger partial charge in [-0.05, 0) is 31.4 Å². The molecule has 0 saturated heterocycles. The van der Waals surface area contributed by atoms with E-state index >= 15 is 0 Å². The van der Waals surface area contributed by atoms with Crippen molar-refractivity contribution in [3.8, 4) is 5.75 Å². The molecule has 1 atom stereocenters. The van der Waals surface area contributed by atoms with Crippen molar-refractivity contribution in [2.75, 3.05) is 6.61 Å². The smallest absolute Gasteiger partial charge is 0.142 e. The number of unbranched alkanes of at least 4 members (excludes halogenated alkanes) is 1. The van der Waals surface area contributed by atoms with Gasteiger partial charge in [0, 0.05) is 12.2 Å². The summed E-state index contributed by atoms with van der Waals surface area (Å²) in [6, 6.07) is 3.96. The quantitative estimate of drug-likeness (QED) is 0.768. The Morgan fingerprint density at radius 3 is 2.72 bits per heavy atom. The van der Waals surface area contributed by atoms with Gasteiger partial charge in [-0.25, -0.2) is 0 Å². The molecule has 102 valence electrons. The molecule has 1 aromatic heterocycles. The Morgan fingerprint density at radius 1 is 1.33 bits per heavy atom. The zero-order valence-electron chi connectivity index (χ0n) is 11.9. The summed E-state index contributed by atoms with van der Waals surface area (Å²) in [5.74, 6) is 1.48. The molecule has 0 aliphatic carbocycles. The summed E-state index contributed by atoms with van der Waals surface area (Å²) >= 11 is 0. The van der Waals surface area contributed by atoms with E-state index in [1.54, 1.807) is 0 Å². The van der Waals surface area contributed by atoms with E-state index in [4.69, 9.17) is 10.5 Å². The Kier molecular flexibility index (Phi) is 6.73. The number of hydrogen-bond acceptors (Lipinski definition) is 3. The highest BCUT2D eigenvalue weighted by Gasteiger charge is 2.09. The molecule has 0 aliphatic heterocycles. The van der Waals surface area contributed by atoms with Crippen molar-refractivity contribution >= 4 is 0 Å². The van der Waals surface area contributed by atoms with Crippen LogP contribution in [0, 0.1) is 12.8 Å². The molecule has 3 nitrogen and oxygen atoms in total. The SMILES string of the molecule is CCCCC(CC)COc1ccc(C)nc1CN. The number of hydrogen-bond donors (Lipinski definition) is 1. The van der Waals surface area contributed by atoms with Crippen LogP contribution in [0.4, 0.5) is 0 Å². The lowest BCUT2D eigenvalue weighted by Crippen LogP contribution is -2.13. The van der Waals surface area contributed by atoms with Crippen LogP contribution < -0.4 is 10.5 Å². The van der Waals surface area contributed by atoms with Crippen LogP contribution in [0.1, 0.15) is 50.9 Å². The topological polar surface area (TPSA) is 48.1 Å². The summed E-state index contributed by atoms with van der Waals surface area (Å²) in [4.78, 5) is 4.41. The second-order valence-corrected chi connectivity index (χ2v) is 4.83. The lowest BCUT2D eigenvalue weighted by Gasteiger charge is -2.17. The first-order valence-corrected chi connectivity index (χ1v) is 7.00. The molecule has 1 heterocycles. The van der Waals surface area contributed by atoms with Gasteiger partial charge >= 0.3 is 0 Å². The molecule has 0 radical (unpaired) electrons. The summed E-state index contributed by atoms with van der Waals surface area (Å²) in [6.07, 6.45) is 4.93. The van der Waals surface area contributed by atoms with Crippen LogP contribution >= 0.6 is 0 Å². The summed E-state index contributed by atoms with van der Waals surface area (Å²) < 4.78 is 5.89. The minimum Gasteiger partial charge on any atom is -0.491 e. The van der Waals surface area contributed by atoms with Crippen LogP contribution in [0.5, 0.6) is 5.75 Å². The number of nitrogens with two attached hydrogens (primary N) is 1. The third kappa shape index (κ3) is 4.65. The van der Waals surface area contributed by atoms with E-state index in [1.165, 1.54) is 19.3 Å². The number of ether oxygens (including phenoxy) is 1. The first-order valence-electron chi connectivity index (χ1n) is 7.00. The molecule has 0 bridgehead atoms. The minimum absolute atomic E-state index is 0.433. The van der Waals surface area contributed by atoms with Gasteiger partial charge in [0.2, 0.25) is 0 Å². The fourth-order valence-corrected chi connectivity index (χ4v) is 1.98. The van der Waals surface area contributed by atoms with Crippen LogP contribution in [0.25, 0.3) is 0 Å². The molecule has 1 aromatic rings. The second kappa shape index (κ2) is 8.09. The van der Waals surface area contributed by atoms with Crippen LogP contribution in [0.15, 0.2) is 12.1 Å². The molecule has 0 spiro atoms. The fraction of sp³-hybridized carbons (Fsp3) is 0.667. The lowest BCUT2D eigenvalue weighted by atomic mass is 10.0. The first-order chi connectivity index (χ1) is 8.71. The van der Waals surface area contributed by atoms with Crippen molar-refractivity contribution in [3.63, 3.8) is 0 Å². The third-order valence-electron chi connectivity index (χ3n) is 3.28. The average Bonchev–Trinajstić information content (AvgIpc) is 2.40. The van der Waals surface area contributed by atoms with Gasteiger partial charge in [0.05, 0.1) is 12.3 Å². The van der Waals surface area contributed by atoms with E-state index < -0.39 is 0 Å². The standard InChI is InChI=1S/C15H26N2O/c1-4-6-7-13(5-2)11-18-15-9-8-12(3)17-14(15)10-16/h8-9,13H,4-7,10-11,16H2,1-3H3. The number of aryl methyl sites for hydroxylation is 1. The van der Waals surface area contributed by atoms with E-state index in [1.807, 2.05) is 19.1 Å². The van der Waals surface area contributed by atoms with Crippen molar-refractivity contribution in [2.24, 2.45) is 11.7 Å². The molecule has 0 aliphatic rings. The summed E-state index contributed by atoms with van der Waals surface area (Å²) in [5.41, 5.74) is 7.54. The summed E-state index contributed by atoms with van der Waals surface area (Å²) in [7, 11) is 0. The minimum atomic E-state index is 0.433. The second-order valence-electron chi connectivity index (χ2n) is 4.83. The van der Waals surface area contributed by atoms with Crippen LogP contribution in [-0.2, 0) is 6.54 Å². The van der Waals surface area contributed by atoms with Crippen molar-refractivity contribution in [2.45, 2.75) is 53.0 Å². The Bertz CT molecular complexity index is 352. The monoisotopic (exact) mass is 250 g/mol. The van der Waals surface area contributed by atoms with Gasteiger partial charge in [0.1, 0.15) is 5.75 Å². The predicted octanol–water partition coefficient (Wildman–Crippen LogP) is 3.44. The molecule has 1 rings (SSSR count). The molecule has 0 aromatic carbocycles. The highest BCUT2D eigenvalue weighted by atomic mass is 16.5. The highest BCUT2D eigenvalue weighted by Crippen LogP contribution is 2.19. The maximum atomic E-state index is 5.89. The zero-order valence-corrected chi connectivity index (χ0v) is 11.9. The molecule has 1 unspecified atom stereocenters. The fourth-order valence-electron chi connectivity index (χ4n) is 1.98. The van der Waals surface area contributed by atoms with Crippen molar-refractivity contribution in [3.05, 3.63) is 23.5 Å². The number of pyridine rings is 1. The van der Waals surface area contributed by atoms with Gasteiger partial charge in [-0.2, -0.15) is 0 Å². The van der Waals surface area contributed by atoms with Crippen LogP contribution in [-0.4, -0.2) is 11.6 Å². The van der Waals surface area contributed by atoms with E-state index in [0.717, 1.165) is 30.2 Å². The number of nitrogens with zero attached hydrogens (tertiary/aromatic N) is 1. The van der Waals surface area contributed by atoms with Crippen molar-refractivity contribution < 1.29 is 4.74 Å².